The Morgan fingerprint density at radius 2 is 1.70 bits per heavy atom. The normalized spacial score (nSPS) is 14.5. The number of nitriles is 1. The SMILES string of the molecule is CS(=O)(=O)c1ccc(-c2cc(-c3cc(C#N)c(N4CCNCC4)[nH]3)ccc2Cl)cc1. The van der Waals surface area contributed by atoms with E-state index in [1.807, 2.05) is 24.3 Å². The summed E-state index contributed by atoms with van der Waals surface area (Å²) in [5, 5.41) is 13.5. The van der Waals surface area contributed by atoms with Gasteiger partial charge >= 0.3 is 0 Å². The Balaban J connectivity index is 1.72. The second kappa shape index (κ2) is 8.15. The molecule has 8 heteroatoms. The summed E-state index contributed by atoms with van der Waals surface area (Å²) in [4.78, 5) is 5.84. The summed E-state index contributed by atoms with van der Waals surface area (Å²) < 4.78 is 23.4. The quantitative estimate of drug-likeness (QED) is 0.645. The highest BCUT2D eigenvalue weighted by Gasteiger charge is 2.18. The molecule has 2 heterocycles. The van der Waals surface area contributed by atoms with Crippen LogP contribution in [-0.4, -0.2) is 45.8 Å². The van der Waals surface area contributed by atoms with E-state index in [0.29, 0.717) is 10.6 Å². The number of aromatic amines is 1. The molecule has 1 aliphatic rings. The third kappa shape index (κ3) is 4.08. The molecule has 1 saturated heterocycles. The van der Waals surface area contributed by atoms with Gasteiger partial charge in [-0.2, -0.15) is 5.26 Å². The highest BCUT2D eigenvalue weighted by Crippen LogP contribution is 2.34. The number of piperazine rings is 1. The van der Waals surface area contributed by atoms with Crippen LogP contribution >= 0.6 is 11.6 Å². The first-order valence-electron chi connectivity index (χ1n) is 9.56. The minimum absolute atomic E-state index is 0.266. The van der Waals surface area contributed by atoms with Crippen molar-refractivity contribution in [1.29, 1.82) is 5.26 Å². The average Bonchev–Trinajstić information content (AvgIpc) is 3.19. The molecule has 0 unspecified atom stereocenters. The second-order valence-electron chi connectivity index (χ2n) is 7.29. The number of rotatable bonds is 4. The van der Waals surface area contributed by atoms with Crippen LogP contribution in [0.15, 0.2) is 53.4 Å². The molecular formula is C22H21ClN4O2S. The van der Waals surface area contributed by atoms with Crippen LogP contribution in [0, 0.1) is 11.3 Å². The minimum Gasteiger partial charge on any atom is -0.355 e. The van der Waals surface area contributed by atoms with E-state index in [-0.39, 0.29) is 4.90 Å². The van der Waals surface area contributed by atoms with E-state index >= 15 is 0 Å². The number of sulfone groups is 1. The first-order chi connectivity index (χ1) is 14.4. The van der Waals surface area contributed by atoms with Crippen LogP contribution < -0.4 is 10.2 Å². The Kier molecular flexibility index (Phi) is 5.56. The van der Waals surface area contributed by atoms with Gasteiger partial charge < -0.3 is 15.2 Å². The molecule has 2 N–H and O–H groups in total. The lowest BCUT2D eigenvalue weighted by atomic mass is 10.0. The molecule has 0 spiro atoms. The predicted molar refractivity (Wildman–Crippen MR) is 120 cm³/mol. The maximum Gasteiger partial charge on any atom is 0.175 e. The molecule has 0 aliphatic carbocycles. The van der Waals surface area contributed by atoms with E-state index in [0.717, 1.165) is 54.4 Å². The maximum atomic E-state index is 11.7. The van der Waals surface area contributed by atoms with Crippen LogP contribution in [0.5, 0.6) is 0 Å². The Morgan fingerprint density at radius 3 is 2.33 bits per heavy atom. The number of hydrogen-bond acceptors (Lipinski definition) is 5. The van der Waals surface area contributed by atoms with Gasteiger partial charge in [-0.1, -0.05) is 29.8 Å². The second-order valence-corrected chi connectivity index (χ2v) is 9.71. The molecule has 0 atom stereocenters. The van der Waals surface area contributed by atoms with Crippen LogP contribution in [-0.2, 0) is 9.84 Å². The van der Waals surface area contributed by atoms with Gasteiger partial charge in [0.2, 0.25) is 0 Å². The number of benzene rings is 2. The van der Waals surface area contributed by atoms with Gasteiger partial charge in [0.05, 0.1) is 10.5 Å². The largest absolute Gasteiger partial charge is 0.355 e. The molecule has 4 rings (SSSR count). The fourth-order valence-electron chi connectivity index (χ4n) is 3.62. The lowest BCUT2D eigenvalue weighted by Gasteiger charge is -2.28. The van der Waals surface area contributed by atoms with Crippen molar-refractivity contribution in [3.63, 3.8) is 0 Å². The summed E-state index contributed by atoms with van der Waals surface area (Å²) in [6, 6.07) is 16.5. The summed E-state index contributed by atoms with van der Waals surface area (Å²) in [5.41, 5.74) is 3.97. The van der Waals surface area contributed by atoms with Gasteiger partial charge in [0.1, 0.15) is 11.9 Å². The van der Waals surface area contributed by atoms with Crippen LogP contribution in [0.1, 0.15) is 5.56 Å². The van der Waals surface area contributed by atoms with Crippen molar-refractivity contribution in [2.24, 2.45) is 0 Å². The molecule has 0 radical (unpaired) electrons. The van der Waals surface area contributed by atoms with Gasteiger partial charge in [-0.25, -0.2) is 8.42 Å². The van der Waals surface area contributed by atoms with Crippen molar-refractivity contribution in [2.45, 2.75) is 4.90 Å². The third-order valence-corrected chi connectivity index (χ3v) is 6.68. The smallest absolute Gasteiger partial charge is 0.175 e. The van der Waals surface area contributed by atoms with Gasteiger partial charge in [-0.15, -0.1) is 0 Å². The van der Waals surface area contributed by atoms with E-state index in [4.69, 9.17) is 11.6 Å². The number of anilines is 1. The zero-order valence-corrected chi connectivity index (χ0v) is 18.0. The number of hydrogen-bond donors (Lipinski definition) is 2. The summed E-state index contributed by atoms with van der Waals surface area (Å²) >= 11 is 6.44. The summed E-state index contributed by atoms with van der Waals surface area (Å²) in [6.07, 6.45) is 1.18. The van der Waals surface area contributed by atoms with Gasteiger partial charge in [0.15, 0.2) is 9.84 Å². The predicted octanol–water partition coefficient (Wildman–Crippen LogP) is 3.69. The topological polar surface area (TPSA) is 89.0 Å². The van der Waals surface area contributed by atoms with Gasteiger partial charge in [0.25, 0.3) is 0 Å². The molecule has 1 aromatic heterocycles. The Bertz CT molecular complexity index is 1220. The number of aromatic nitrogens is 1. The highest BCUT2D eigenvalue weighted by molar-refractivity contribution is 7.90. The first-order valence-corrected chi connectivity index (χ1v) is 11.8. The van der Waals surface area contributed by atoms with E-state index in [9.17, 15) is 13.7 Å². The summed E-state index contributed by atoms with van der Waals surface area (Å²) in [6.45, 7) is 3.45. The molecule has 0 amide bonds. The molecule has 6 nitrogen and oxygen atoms in total. The number of H-pyrrole nitrogens is 1. The van der Waals surface area contributed by atoms with Crippen molar-refractivity contribution in [1.82, 2.24) is 10.3 Å². The van der Waals surface area contributed by atoms with E-state index in [1.165, 1.54) is 6.26 Å². The van der Waals surface area contributed by atoms with E-state index < -0.39 is 9.84 Å². The zero-order chi connectivity index (χ0) is 21.3. The van der Waals surface area contributed by atoms with Gasteiger partial charge in [0, 0.05) is 48.7 Å². The van der Waals surface area contributed by atoms with Crippen LogP contribution in [0.2, 0.25) is 5.02 Å². The molecular weight excluding hydrogens is 420 g/mol. The van der Waals surface area contributed by atoms with E-state index in [1.54, 1.807) is 24.3 Å². The lowest BCUT2D eigenvalue weighted by Crippen LogP contribution is -2.44. The molecule has 30 heavy (non-hydrogen) atoms. The molecule has 2 aromatic carbocycles. The molecule has 1 fully saturated rings. The van der Waals surface area contributed by atoms with Crippen molar-refractivity contribution in [3.8, 4) is 28.5 Å². The van der Waals surface area contributed by atoms with Crippen LogP contribution in [0.4, 0.5) is 5.82 Å². The first kappa shape index (κ1) is 20.5. The Labute approximate surface area is 181 Å². The van der Waals surface area contributed by atoms with Crippen molar-refractivity contribution >= 4 is 27.3 Å². The fourth-order valence-corrected chi connectivity index (χ4v) is 4.48. The van der Waals surface area contributed by atoms with Crippen molar-refractivity contribution < 1.29 is 8.42 Å². The van der Waals surface area contributed by atoms with Crippen LogP contribution in [0.3, 0.4) is 0 Å². The molecule has 154 valence electrons. The Morgan fingerprint density at radius 1 is 1.03 bits per heavy atom. The van der Waals surface area contributed by atoms with Gasteiger partial charge in [-0.3, -0.25) is 0 Å². The fraction of sp³-hybridized carbons (Fsp3) is 0.227. The highest BCUT2D eigenvalue weighted by atomic mass is 35.5. The molecule has 0 bridgehead atoms. The number of nitrogens with one attached hydrogen (secondary N) is 2. The average molecular weight is 441 g/mol. The molecule has 0 saturated carbocycles. The summed E-state index contributed by atoms with van der Waals surface area (Å²) in [7, 11) is -3.26. The third-order valence-electron chi connectivity index (χ3n) is 5.22. The Hall–Kier alpha value is -2.79. The van der Waals surface area contributed by atoms with E-state index in [2.05, 4.69) is 21.3 Å². The standard InChI is InChI=1S/C22H21ClN4O2S/c1-30(28,29)18-5-2-15(3-6-18)19-12-16(4-7-20(19)23)21-13-17(14-24)22(26-21)27-10-8-25-9-11-27/h2-7,12-13,25-26H,8-11H2,1H3. The summed E-state index contributed by atoms with van der Waals surface area (Å²) in [5.74, 6) is 0.836. The number of halogens is 1. The van der Waals surface area contributed by atoms with Gasteiger partial charge in [-0.05, 0) is 41.5 Å². The maximum absolute atomic E-state index is 11.7. The van der Waals surface area contributed by atoms with Crippen molar-refractivity contribution in [2.75, 3.05) is 37.3 Å². The van der Waals surface area contributed by atoms with Crippen LogP contribution in [0.25, 0.3) is 22.4 Å². The molecule has 3 aromatic rings. The number of nitrogens with zero attached hydrogens (tertiary/aromatic N) is 2. The zero-order valence-electron chi connectivity index (χ0n) is 16.4. The monoisotopic (exact) mass is 440 g/mol. The van der Waals surface area contributed by atoms with Crippen molar-refractivity contribution in [3.05, 3.63) is 59.1 Å². The minimum atomic E-state index is -3.26. The lowest BCUT2D eigenvalue weighted by molar-refractivity contribution is 0.585. The molecule has 1 aliphatic heterocycles.